The first kappa shape index (κ1) is 11.0. The number of carbonyl (C=O) groups excluding carboxylic acids is 1. The molecule has 0 aliphatic heterocycles. The number of aryl methyl sites for hydroxylation is 1. The molecule has 0 spiro atoms. The maximum Gasteiger partial charge on any atom is 0.268 e. The largest absolute Gasteiger partial charge is 0.397 e. The molecule has 5 nitrogen and oxygen atoms in total. The molecule has 0 aromatic carbocycles. The second-order valence-electron chi connectivity index (χ2n) is 4.27. The quantitative estimate of drug-likeness (QED) is 0.784. The Hall–Kier alpha value is -1.49. The first-order valence-electron chi connectivity index (χ1n) is 5.35. The van der Waals surface area contributed by atoms with Crippen LogP contribution in [0.2, 0.25) is 0 Å². The van der Waals surface area contributed by atoms with Gasteiger partial charge in [-0.05, 0) is 18.9 Å². The fourth-order valence-electron chi connectivity index (χ4n) is 1.95. The highest BCUT2D eigenvalue weighted by molar-refractivity contribution is 5.94. The molecule has 0 unspecified atom stereocenters. The van der Waals surface area contributed by atoms with Crippen molar-refractivity contribution in [1.29, 1.82) is 0 Å². The number of methoxy groups -OCH3 is 1. The fraction of sp³-hybridized carbons (Fsp3) is 0.545. The Kier molecular flexibility index (Phi) is 2.87. The van der Waals surface area contributed by atoms with E-state index in [1.54, 1.807) is 23.9 Å². The smallest absolute Gasteiger partial charge is 0.268 e. The molecule has 3 N–H and O–H groups in total. The molecule has 1 aromatic heterocycles. The normalized spacial score (nSPS) is 23.9. The number of ether oxygens (including phenoxy) is 1. The van der Waals surface area contributed by atoms with E-state index in [-0.39, 0.29) is 11.9 Å². The molecule has 88 valence electrons. The molecule has 1 saturated carbocycles. The number of anilines is 1. The van der Waals surface area contributed by atoms with Gasteiger partial charge in [0.05, 0.1) is 11.8 Å². The van der Waals surface area contributed by atoms with Gasteiger partial charge in [0.2, 0.25) is 0 Å². The summed E-state index contributed by atoms with van der Waals surface area (Å²) in [7, 11) is 3.50. The minimum Gasteiger partial charge on any atom is -0.397 e. The van der Waals surface area contributed by atoms with Crippen LogP contribution in [0.4, 0.5) is 5.69 Å². The van der Waals surface area contributed by atoms with Crippen molar-refractivity contribution in [2.45, 2.75) is 25.0 Å². The van der Waals surface area contributed by atoms with Crippen molar-refractivity contribution in [2.24, 2.45) is 7.05 Å². The van der Waals surface area contributed by atoms with Crippen LogP contribution in [0.3, 0.4) is 0 Å². The second kappa shape index (κ2) is 4.17. The van der Waals surface area contributed by atoms with Gasteiger partial charge in [0.15, 0.2) is 0 Å². The Bertz CT molecular complexity index is 394. The average molecular weight is 223 g/mol. The van der Waals surface area contributed by atoms with Gasteiger partial charge in [-0.1, -0.05) is 0 Å². The van der Waals surface area contributed by atoms with E-state index in [0.29, 0.717) is 17.5 Å². The molecule has 0 bridgehead atoms. The number of aromatic nitrogens is 1. The highest BCUT2D eigenvalue weighted by Gasteiger charge is 2.30. The number of nitrogens with one attached hydrogen (secondary N) is 1. The molecule has 1 heterocycles. The van der Waals surface area contributed by atoms with Gasteiger partial charge in [0.1, 0.15) is 5.69 Å². The van der Waals surface area contributed by atoms with E-state index in [9.17, 15) is 4.79 Å². The minimum absolute atomic E-state index is 0.0706. The average Bonchev–Trinajstić information content (AvgIpc) is 2.50. The van der Waals surface area contributed by atoms with Crippen LogP contribution in [0.15, 0.2) is 12.3 Å². The maximum atomic E-state index is 11.8. The van der Waals surface area contributed by atoms with Gasteiger partial charge in [-0.2, -0.15) is 0 Å². The summed E-state index contributed by atoms with van der Waals surface area (Å²) >= 11 is 0. The van der Waals surface area contributed by atoms with Gasteiger partial charge in [-0.15, -0.1) is 0 Å². The van der Waals surface area contributed by atoms with E-state index in [1.807, 2.05) is 7.05 Å². The lowest BCUT2D eigenvalue weighted by Crippen LogP contribution is -2.47. The van der Waals surface area contributed by atoms with Crippen LogP contribution in [-0.4, -0.2) is 29.7 Å². The molecule has 0 radical (unpaired) electrons. The Morgan fingerprint density at radius 2 is 2.31 bits per heavy atom. The first-order valence-corrected chi connectivity index (χ1v) is 5.35. The summed E-state index contributed by atoms with van der Waals surface area (Å²) in [5.74, 6) is -0.0706. The topological polar surface area (TPSA) is 69.3 Å². The van der Waals surface area contributed by atoms with Gasteiger partial charge >= 0.3 is 0 Å². The van der Waals surface area contributed by atoms with E-state index in [4.69, 9.17) is 10.5 Å². The van der Waals surface area contributed by atoms with Crippen LogP contribution >= 0.6 is 0 Å². The molecule has 1 aliphatic rings. The molecule has 2 rings (SSSR count). The van der Waals surface area contributed by atoms with Gasteiger partial charge in [-0.25, -0.2) is 0 Å². The number of hydrogen-bond donors (Lipinski definition) is 2. The van der Waals surface area contributed by atoms with Crippen molar-refractivity contribution in [2.75, 3.05) is 12.8 Å². The predicted octanol–water partition coefficient (Wildman–Crippen LogP) is 0.514. The first-order chi connectivity index (χ1) is 7.60. The van der Waals surface area contributed by atoms with Crippen molar-refractivity contribution in [1.82, 2.24) is 9.88 Å². The van der Waals surface area contributed by atoms with Crippen molar-refractivity contribution in [3.05, 3.63) is 18.0 Å². The summed E-state index contributed by atoms with van der Waals surface area (Å²) < 4.78 is 6.89. The Morgan fingerprint density at radius 3 is 2.81 bits per heavy atom. The third kappa shape index (κ3) is 2.04. The summed E-state index contributed by atoms with van der Waals surface area (Å²) in [5, 5.41) is 2.96. The lowest BCUT2D eigenvalue weighted by Gasteiger charge is -2.34. The molecule has 0 atom stereocenters. The van der Waals surface area contributed by atoms with Crippen LogP contribution in [0, 0.1) is 0 Å². The monoisotopic (exact) mass is 223 g/mol. The van der Waals surface area contributed by atoms with Crippen LogP contribution in [0.1, 0.15) is 23.3 Å². The standard InChI is InChI=1S/C11H17N3O2/c1-14-6-7(12)3-10(14)11(15)13-8-4-9(5-8)16-2/h3,6,8-9H,4-5,12H2,1-2H3,(H,13,15). The number of nitrogens with two attached hydrogens (primary N) is 1. The van der Waals surface area contributed by atoms with Crippen molar-refractivity contribution in [3.63, 3.8) is 0 Å². The Labute approximate surface area is 94.6 Å². The van der Waals surface area contributed by atoms with Gasteiger partial charge < -0.3 is 20.4 Å². The molecule has 1 amide bonds. The zero-order valence-electron chi connectivity index (χ0n) is 9.56. The number of nitrogens with zero attached hydrogens (tertiary/aromatic N) is 1. The van der Waals surface area contributed by atoms with Gasteiger partial charge in [0.25, 0.3) is 5.91 Å². The van der Waals surface area contributed by atoms with Crippen LogP contribution < -0.4 is 11.1 Å². The third-order valence-electron chi connectivity index (χ3n) is 3.02. The van der Waals surface area contributed by atoms with Crippen molar-refractivity contribution in [3.8, 4) is 0 Å². The second-order valence-corrected chi connectivity index (χ2v) is 4.27. The Morgan fingerprint density at radius 1 is 1.62 bits per heavy atom. The molecule has 1 aromatic rings. The molecule has 16 heavy (non-hydrogen) atoms. The number of rotatable bonds is 3. The molecule has 5 heteroatoms. The SMILES string of the molecule is COC1CC(NC(=O)c2cc(N)cn2C)C1. The highest BCUT2D eigenvalue weighted by atomic mass is 16.5. The Balaban J connectivity index is 1.92. The zero-order chi connectivity index (χ0) is 11.7. The highest BCUT2D eigenvalue weighted by Crippen LogP contribution is 2.23. The minimum atomic E-state index is -0.0706. The molecular formula is C11H17N3O2. The van der Waals surface area contributed by atoms with Crippen molar-refractivity contribution < 1.29 is 9.53 Å². The summed E-state index contributed by atoms with van der Waals surface area (Å²) in [5.41, 5.74) is 6.82. The molecule has 1 fully saturated rings. The zero-order valence-corrected chi connectivity index (χ0v) is 9.56. The fourth-order valence-corrected chi connectivity index (χ4v) is 1.95. The summed E-state index contributed by atoms with van der Waals surface area (Å²) in [4.78, 5) is 11.8. The number of hydrogen-bond acceptors (Lipinski definition) is 3. The maximum absolute atomic E-state index is 11.8. The van der Waals surface area contributed by atoms with Crippen molar-refractivity contribution >= 4 is 11.6 Å². The van der Waals surface area contributed by atoms with E-state index < -0.39 is 0 Å². The van der Waals surface area contributed by atoms with Crippen LogP contribution in [-0.2, 0) is 11.8 Å². The number of amides is 1. The summed E-state index contributed by atoms with van der Waals surface area (Å²) in [6.45, 7) is 0. The molecular weight excluding hydrogens is 206 g/mol. The van der Waals surface area contributed by atoms with Gasteiger partial charge in [-0.3, -0.25) is 4.79 Å². The molecule has 1 aliphatic carbocycles. The number of carbonyl (C=O) groups is 1. The number of nitrogen functional groups attached to an aromatic ring is 1. The van der Waals surface area contributed by atoms with E-state index in [2.05, 4.69) is 5.32 Å². The van der Waals surface area contributed by atoms with E-state index in [0.717, 1.165) is 12.8 Å². The van der Waals surface area contributed by atoms with E-state index in [1.165, 1.54) is 0 Å². The molecule has 0 saturated heterocycles. The van der Waals surface area contributed by atoms with E-state index >= 15 is 0 Å². The summed E-state index contributed by atoms with van der Waals surface area (Å²) in [6, 6.07) is 1.91. The summed E-state index contributed by atoms with van der Waals surface area (Å²) in [6.07, 6.45) is 3.81. The predicted molar refractivity (Wildman–Crippen MR) is 61.1 cm³/mol. The third-order valence-corrected chi connectivity index (χ3v) is 3.02. The van der Waals surface area contributed by atoms with Crippen LogP contribution in [0.5, 0.6) is 0 Å². The lowest BCUT2D eigenvalue weighted by molar-refractivity contribution is 0.0175. The van der Waals surface area contributed by atoms with Gasteiger partial charge in [0, 0.05) is 26.4 Å². The van der Waals surface area contributed by atoms with Crippen LogP contribution in [0.25, 0.3) is 0 Å². The lowest BCUT2D eigenvalue weighted by atomic mass is 9.89.